The first-order valence-corrected chi connectivity index (χ1v) is 10.5. The van der Waals surface area contributed by atoms with Gasteiger partial charge in [0.15, 0.2) is 0 Å². The van der Waals surface area contributed by atoms with E-state index in [0.29, 0.717) is 51.5 Å². The molecule has 0 bridgehead atoms. The van der Waals surface area contributed by atoms with Crippen LogP contribution in [-0.2, 0) is 6.42 Å². The average Bonchev–Trinajstić information content (AvgIpc) is 3.08. The molecule has 1 aromatic heterocycles. The fraction of sp³-hybridized carbons (Fsp3) is 0.304. The smallest absolute Gasteiger partial charge is 0.260 e. The predicted molar refractivity (Wildman–Crippen MR) is 119 cm³/mol. The van der Waals surface area contributed by atoms with Gasteiger partial charge in [0.05, 0.1) is 26.0 Å². The van der Waals surface area contributed by atoms with Crippen LogP contribution in [-0.4, -0.2) is 36.7 Å². The summed E-state index contributed by atoms with van der Waals surface area (Å²) in [6, 6.07) is 8.66. The molecule has 1 unspecified atom stereocenters. The topological polar surface area (TPSA) is 64.8 Å². The van der Waals surface area contributed by atoms with Gasteiger partial charge in [0.2, 0.25) is 0 Å². The summed E-state index contributed by atoms with van der Waals surface area (Å²) in [5, 5.41) is 4.94. The van der Waals surface area contributed by atoms with Gasteiger partial charge in [-0.25, -0.2) is 0 Å². The van der Waals surface area contributed by atoms with E-state index in [1.807, 2.05) is 24.3 Å². The third-order valence-corrected chi connectivity index (χ3v) is 6.01. The van der Waals surface area contributed by atoms with Crippen LogP contribution in [0.4, 0.5) is 0 Å². The first-order valence-electron chi connectivity index (χ1n) is 9.78. The van der Waals surface area contributed by atoms with Crippen molar-refractivity contribution in [2.24, 2.45) is 0 Å². The number of fused-ring (bicyclic) bond motifs is 1. The lowest BCUT2D eigenvalue weighted by Crippen LogP contribution is -2.41. The molecule has 0 saturated carbocycles. The number of hydrogen-bond donors (Lipinski definition) is 0. The highest BCUT2D eigenvalue weighted by Crippen LogP contribution is 2.44. The maximum atomic E-state index is 13.7. The molecule has 1 atom stereocenters. The summed E-state index contributed by atoms with van der Waals surface area (Å²) in [5.41, 5.74) is 3.74. The Bertz CT molecular complexity index is 1100. The van der Waals surface area contributed by atoms with Gasteiger partial charge in [-0.15, -0.1) is 0 Å². The van der Waals surface area contributed by atoms with Crippen LogP contribution in [0, 0.1) is 13.8 Å². The fourth-order valence-corrected chi connectivity index (χ4v) is 4.76. The Hall–Kier alpha value is -2.70. The van der Waals surface area contributed by atoms with Crippen LogP contribution in [0.15, 0.2) is 34.9 Å². The molecule has 0 spiro atoms. The molecule has 31 heavy (non-hydrogen) atoms. The van der Waals surface area contributed by atoms with E-state index >= 15 is 0 Å². The zero-order chi connectivity index (χ0) is 22.3. The zero-order valence-corrected chi connectivity index (χ0v) is 19.2. The maximum Gasteiger partial charge on any atom is 0.260 e. The first kappa shape index (κ1) is 21.5. The van der Waals surface area contributed by atoms with Crippen molar-refractivity contribution in [3.63, 3.8) is 0 Å². The number of aryl methyl sites for hydroxylation is 2. The lowest BCUT2D eigenvalue weighted by Gasteiger charge is -2.38. The van der Waals surface area contributed by atoms with Gasteiger partial charge in [-0.3, -0.25) is 4.79 Å². The van der Waals surface area contributed by atoms with Crippen LogP contribution in [0.3, 0.4) is 0 Å². The molecule has 4 rings (SSSR count). The summed E-state index contributed by atoms with van der Waals surface area (Å²) < 4.78 is 16.4. The summed E-state index contributed by atoms with van der Waals surface area (Å²) in [5.74, 6) is 1.65. The number of rotatable bonds is 4. The van der Waals surface area contributed by atoms with E-state index in [2.05, 4.69) is 5.16 Å². The molecule has 0 saturated heterocycles. The number of hydrogen-bond acceptors (Lipinski definition) is 5. The van der Waals surface area contributed by atoms with Crippen molar-refractivity contribution in [2.75, 3.05) is 20.8 Å². The van der Waals surface area contributed by atoms with E-state index in [-0.39, 0.29) is 5.91 Å². The van der Waals surface area contributed by atoms with Crippen LogP contribution in [0.25, 0.3) is 0 Å². The van der Waals surface area contributed by atoms with Crippen molar-refractivity contribution in [3.05, 3.63) is 74.1 Å². The quantitative estimate of drug-likeness (QED) is 0.521. The van der Waals surface area contributed by atoms with Gasteiger partial charge in [-0.1, -0.05) is 28.4 Å². The molecular weight excluding hydrogens is 439 g/mol. The molecular formula is C23H22Cl2N2O4. The molecule has 1 aliphatic rings. The number of carbonyl (C=O) groups is 1. The van der Waals surface area contributed by atoms with Crippen molar-refractivity contribution in [1.29, 1.82) is 0 Å². The van der Waals surface area contributed by atoms with Gasteiger partial charge in [-0.2, -0.15) is 0 Å². The fourth-order valence-electron chi connectivity index (χ4n) is 4.22. The van der Waals surface area contributed by atoms with E-state index in [0.717, 1.165) is 16.7 Å². The first-order chi connectivity index (χ1) is 14.8. The third kappa shape index (κ3) is 3.86. The summed E-state index contributed by atoms with van der Waals surface area (Å²) in [6.45, 7) is 3.99. The van der Waals surface area contributed by atoms with E-state index in [1.54, 1.807) is 39.0 Å². The maximum absolute atomic E-state index is 13.7. The molecule has 1 amide bonds. The van der Waals surface area contributed by atoms with Crippen LogP contribution >= 0.6 is 23.2 Å². The number of methoxy groups -OCH3 is 2. The number of carbonyl (C=O) groups excluding carboxylic acids is 1. The van der Waals surface area contributed by atoms with Crippen molar-refractivity contribution < 1.29 is 18.8 Å². The van der Waals surface area contributed by atoms with Gasteiger partial charge < -0.3 is 18.9 Å². The highest BCUT2D eigenvalue weighted by atomic mass is 35.5. The number of nitrogens with zero attached hydrogens (tertiary/aromatic N) is 2. The minimum absolute atomic E-state index is 0.166. The van der Waals surface area contributed by atoms with E-state index < -0.39 is 6.04 Å². The standard InChI is InChI=1S/C23H22Cl2N2O4/c1-12-20(13(2)31-26-12)23(28)27-6-5-14-9-18(29-3)11-19(30-4)21(14)22(27)15-7-16(24)10-17(25)8-15/h7-11,22H,5-6H2,1-4H3. The van der Waals surface area contributed by atoms with Crippen LogP contribution in [0.5, 0.6) is 11.5 Å². The minimum Gasteiger partial charge on any atom is -0.497 e. The normalized spacial score (nSPS) is 15.5. The molecule has 1 aliphatic heterocycles. The Morgan fingerprint density at radius 3 is 2.39 bits per heavy atom. The molecule has 0 N–H and O–H groups in total. The summed E-state index contributed by atoms with van der Waals surface area (Å²) in [6.07, 6.45) is 0.642. The van der Waals surface area contributed by atoms with Crippen molar-refractivity contribution in [2.45, 2.75) is 26.3 Å². The molecule has 2 heterocycles. The second-order valence-corrected chi connectivity index (χ2v) is 8.33. The summed E-state index contributed by atoms with van der Waals surface area (Å²) >= 11 is 12.7. The van der Waals surface area contributed by atoms with Crippen LogP contribution in [0.1, 0.15) is 44.5 Å². The third-order valence-electron chi connectivity index (χ3n) is 5.57. The van der Waals surface area contributed by atoms with Crippen molar-refractivity contribution in [3.8, 4) is 11.5 Å². The number of amides is 1. The Kier molecular flexibility index (Phi) is 5.86. The molecule has 162 valence electrons. The van der Waals surface area contributed by atoms with Gasteiger partial charge in [0.25, 0.3) is 5.91 Å². The van der Waals surface area contributed by atoms with E-state index in [9.17, 15) is 4.79 Å². The van der Waals surface area contributed by atoms with Crippen LogP contribution in [0.2, 0.25) is 10.0 Å². The van der Waals surface area contributed by atoms with Crippen LogP contribution < -0.4 is 9.47 Å². The molecule has 0 radical (unpaired) electrons. The SMILES string of the molecule is COc1cc2c(c(OC)c1)C(c1cc(Cl)cc(Cl)c1)N(C(=O)c1c(C)noc1C)CC2. The number of halogens is 2. The molecule has 0 fully saturated rings. The Labute approximate surface area is 190 Å². The number of ether oxygens (including phenoxy) is 2. The Balaban J connectivity index is 1.94. The summed E-state index contributed by atoms with van der Waals surface area (Å²) in [4.78, 5) is 15.5. The lowest BCUT2D eigenvalue weighted by molar-refractivity contribution is 0.0690. The van der Waals surface area contributed by atoms with Gasteiger partial charge in [0.1, 0.15) is 22.8 Å². The second-order valence-electron chi connectivity index (χ2n) is 7.46. The highest BCUT2D eigenvalue weighted by Gasteiger charge is 2.37. The van der Waals surface area contributed by atoms with Gasteiger partial charge in [0, 0.05) is 28.2 Å². The Morgan fingerprint density at radius 1 is 1.10 bits per heavy atom. The monoisotopic (exact) mass is 460 g/mol. The molecule has 2 aromatic carbocycles. The average molecular weight is 461 g/mol. The zero-order valence-electron chi connectivity index (χ0n) is 17.7. The molecule has 8 heteroatoms. The van der Waals surface area contributed by atoms with Crippen molar-refractivity contribution in [1.82, 2.24) is 10.1 Å². The van der Waals surface area contributed by atoms with Gasteiger partial charge >= 0.3 is 0 Å². The molecule has 0 aliphatic carbocycles. The molecule has 6 nitrogen and oxygen atoms in total. The highest BCUT2D eigenvalue weighted by molar-refractivity contribution is 6.34. The predicted octanol–water partition coefficient (Wildman–Crippen LogP) is 5.40. The van der Waals surface area contributed by atoms with E-state index in [1.165, 1.54) is 0 Å². The molecule has 3 aromatic rings. The Morgan fingerprint density at radius 2 is 1.81 bits per heavy atom. The minimum atomic E-state index is -0.456. The van der Waals surface area contributed by atoms with E-state index in [4.69, 9.17) is 37.2 Å². The summed E-state index contributed by atoms with van der Waals surface area (Å²) in [7, 11) is 3.22. The van der Waals surface area contributed by atoms with Gasteiger partial charge in [-0.05, 0) is 55.7 Å². The largest absolute Gasteiger partial charge is 0.497 e. The number of aromatic nitrogens is 1. The lowest BCUT2D eigenvalue weighted by atomic mass is 9.86. The second kappa shape index (κ2) is 8.44. The van der Waals surface area contributed by atoms with Crippen molar-refractivity contribution >= 4 is 29.1 Å². The number of benzene rings is 2.